The smallest absolute Gasteiger partial charge is 0.338 e. The second kappa shape index (κ2) is 9.01. The van der Waals surface area contributed by atoms with Gasteiger partial charge in [-0.3, -0.25) is 9.10 Å². The Hall–Kier alpha value is -2.14. The number of fused-ring (bicyclic) bond motifs is 1. The van der Waals surface area contributed by atoms with Crippen molar-refractivity contribution in [3.63, 3.8) is 0 Å². The molecule has 1 aromatic rings. The molecule has 11 heteroatoms. The Morgan fingerprint density at radius 2 is 1.97 bits per heavy atom. The first kappa shape index (κ1) is 24.5. The molecule has 0 N–H and O–H groups in total. The summed E-state index contributed by atoms with van der Waals surface area (Å²) in [5.41, 5.74) is 1.50. The fourth-order valence-electron chi connectivity index (χ4n) is 4.40. The van der Waals surface area contributed by atoms with E-state index in [0.29, 0.717) is 25.1 Å². The van der Waals surface area contributed by atoms with Crippen LogP contribution in [0.5, 0.6) is 0 Å². The predicted octanol–water partition coefficient (Wildman–Crippen LogP) is 1.23. The molecule has 32 heavy (non-hydrogen) atoms. The number of rotatable bonds is 7. The Bertz CT molecular complexity index is 1110. The number of sulfone groups is 1. The molecule has 2 atom stereocenters. The molecule has 0 bridgehead atoms. The lowest BCUT2D eigenvalue weighted by Gasteiger charge is -2.29. The second-order valence-corrected chi connectivity index (χ2v) is 13.1. The summed E-state index contributed by atoms with van der Waals surface area (Å²) in [5.74, 6) is -0.992. The van der Waals surface area contributed by atoms with Crippen LogP contribution in [0.1, 0.15) is 43.1 Å². The minimum atomic E-state index is -3.43. The van der Waals surface area contributed by atoms with Crippen LogP contribution in [0.2, 0.25) is 0 Å². The minimum absolute atomic E-state index is 0.0530. The van der Waals surface area contributed by atoms with E-state index in [0.717, 1.165) is 11.8 Å². The monoisotopic (exact) mass is 486 g/mol. The number of hydrogen-bond acceptors (Lipinski definition) is 7. The van der Waals surface area contributed by atoms with E-state index in [-0.39, 0.29) is 29.0 Å². The number of sulfonamides is 1. The number of anilines is 1. The third-order valence-electron chi connectivity index (χ3n) is 5.68. The summed E-state index contributed by atoms with van der Waals surface area (Å²) in [6.07, 6.45) is 2.00. The van der Waals surface area contributed by atoms with Crippen LogP contribution in [0.3, 0.4) is 0 Å². The van der Waals surface area contributed by atoms with Crippen molar-refractivity contribution in [3.05, 3.63) is 29.3 Å². The van der Waals surface area contributed by atoms with Gasteiger partial charge in [0.25, 0.3) is 5.91 Å². The van der Waals surface area contributed by atoms with E-state index in [4.69, 9.17) is 4.74 Å². The highest BCUT2D eigenvalue weighted by Crippen LogP contribution is 2.34. The van der Waals surface area contributed by atoms with Crippen LogP contribution in [-0.4, -0.2) is 76.6 Å². The largest absolute Gasteiger partial charge is 0.452 e. The van der Waals surface area contributed by atoms with E-state index < -0.39 is 44.4 Å². The van der Waals surface area contributed by atoms with E-state index >= 15 is 0 Å². The van der Waals surface area contributed by atoms with Gasteiger partial charge in [-0.05, 0) is 49.4 Å². The average molecular weight is 487 g/mol. The molecule has 2 heterocycles. The van der Waals surface area contributed by atoms with Crippen molar-refractivity contribution in [2.75, 3.05) is 35.2 Å². The van der Waals surface area contributed by atoms with Crippen LogP contribution in [0.4, 0.5) is 5.69 Å². The van der Waals surface area contributed by atoms with Gasteiger partial charge in [-0.15, -0.1) is 0 Å². The zero-order valence-corrected chi connectivity index (χ0v) is 20.4. The van der Waals surface area contributed by atoms with Crippen molar-refractivity contribution in [1.29, 1.82) is 0 Å². The molecule has 178 valence electrons. The molecule has 1 fully saturated rings. The van der Waals surface area contributed by atoms with Gasteiger partial charge in [-0.25, -0.2) is 21.6 Å². The Morgan fingerprint density at radius 3 is 2.53 bits per heavy atom. The SMILES string of the molecule is CC(C)CN(C(=O)COC(=O)c1ccc2c(c1)CC(C)N2S(C)(=O)=O)C1CCS(=O)(=O)C1. The van der Waals surface area contributed by atoms with E-state index in [1.54, 1.807) is 19.1 Å². The summed E-state index contributed by atoms with van der Waals surface area (Å²) >= 11 is 0. The third kappa shape index (κ3) is 5.43. The fraction of sp³-hybridized carbons (Fsp3) is 0.619. The number of benzene rings is 1. The molecule has 2 unspecified atom stereocenters. The van der Waals surface area contributed by atoms with Gasteiger partial charge in [-0.2, -0.15) is 0 Å². The van der Waals surface area contributed by atoms with Crippen LogP contribution >= 0.6 is 0 Å². The summed E-state index contributed by atoms with van der Waals surface area (Å²) in [7, 11) is -6.59. The van der Waals surface area contributed by atoms with Crippen molar-refractivity contribution in [2.24, 2.45) is 5.92 Å². The molecule has 0 radical (unpaired) electrons. The zero-order chi connectivity index (χ0) is 23.8. The molecule has 1 saturated heterocycles. The van der Waals surface area contributed by atoms with Crippen molar-refractivity contribution < 1.29 is 31.2 Å². The number of esters is 1. The maximum Gasteiger partial charge on any atom is 0.338 e. The molecule has 0 aliphatic carbocycles. The first-order valence-electron chi connectivity index (χ1n) is 10.6. The van der Waals surface area contributed by atoms with Gasteiger partial charge in [0.05, 0.1) is 29.0 Å². The van der Waals surface area contributed by atoms with E-state index in [9.17, 15) is 26.4 Å². The predicted molar refractivity (Wildman–Crippen MR) is 121 cm³/mol. The van der Waals surface area contributed by atoms with Crippen LogP contribution in [-0.2, 0) is 35.8 Å². The number of carbonyl (C=O) groups excluding carboxylic acids is 2. The van der Waals surface area contributed by atoms with Crippen LogP contribution in [0.25, 0.3) is 0 Å². The van der Waals surface area contributed by atoms with Gasteiger partial charge in [0.2, 0.25) is 10.0 Å². The Labute approximate surface area is 189 Å². The lowest BCUT2D eigenvalue weighted by atomic mass is 10.1. The number of amides is 1. The number of ether oxygens (including phenoxy) is 1. The molecule has 1 aromatic carbocycles. The lowest BCUT2D eigenvalue weighted by Crippen LogP contribution is -2.45. The quantitative estimate of drug-likeness (QED) is 0.532. The lowest BCUT2D eigenvalue weighted by molar-refractivity contribution is -0.137. The number of hydrogen-bond donors (Lipinski definition) is 0. The fourth-order valence-corrected chi connectivity index (χ4v) is 7.39. The van der Waals surface area contributed by atoms with Crippen LogP contribution < -0.4 is 4.31 Å². The van der Waals surface area contributed by atoms with Crippen molar-refractivity contribution in [2.45, 2.75) is 45.7 Å². The molecule has 2 aliphatic heterocycles. The molecule has 0 spiro atoms. The average Bonchev–Trinajstić information content (AvgIpc) is 3.20. The minimum Gasteiger partial charge on any atom is -0.452 e. The molecule has 3 rings (SSSR count). The first-order chi connectivity index (χ1) is 14.8. The Morgan fingerprint density at radius 1 is 1.28 bits per heavy atom. The van der Waals surface area contributed by atoms with E-state index in [2.05, 4.69) is 0 Å². The standard InChI is InChI=1S/C21H30N2O7S2/c1-14(2)11-22(18-7-8-32(28,29)13-18)20(24)12-30-21(25)16-5-6-19-17(10-16)9-15(3)23(19)31(4,26)27/h5-6,10,14-15,18H,7-9,11-13H2,1-4H3. The van der Waals surface area contributed by atoms with Crippen molar-refractivity contribution >= 4 is 37.4 Å². The Balaban J connectivity index is 1.68. The van der Waals surface area contributed by atoms with Gasteiger partial charge in [-0.1, -0.05) is 13.8 Å². The first-order valence-corrected chi connectivity index (χ1v) is 14.2. The molecular weight excluding hydrogens is 456 g/mol. The summed E-state index contributed by atoms with van der Waals surface area (Å²) in [5, 5.41) is 0. The molecular formula is C21H30N2O7S2. The van der Waals surface area contributed by atoms with Gasteiger partial charge in [0.1, 0.15) is 0 Å². The third-order valence-corrected chi connectivity index (χ3v) is 8.71. The van der Waals surface area contributed by atoms with Crippen LogP contribution in [0, 0.1) is 5.92 Å². The normalized spacial score (nSPS) is 22.1. The van der Waals surface area contributed by atoms with Crippen molar-refractivity contribution in [1.82, 2.24) is 4.90 Å². The highest BCUT2D eigenvalue weighted by molar-refractivity contribution is 7.92. The highest BCUT2D eigenvalue weighted by atomic mass is 32.2. The molecule has 1 amide bonds. The summed E-state index contributed by atoms with van der Waals surface area (Å²) in [4.78, 5) is 26.8. The maximum absolute atomic E-state index is 12.8. The second-order valence-electron chi connectivity index (χ2n) is 9.03. The molecule has 2 aliphatic rings. The van der Waals surface area contributed by atoms with Crippen LogP contribution in [0.15, 0.2) is 18.2 Å². The molecule has 9 nitrogen and oxygen atoms in total. The number of nitrogens with zero attached hydrogens (tertiary/aromatic N) is 2. The summed E-state index contributed by atoms with van der Waals surface area (Å²) < 4.78 is 54.3. The molecule has 0 saturated carbocycles. The van der Waals surface area contributed by atoms with Gasteiger partial charge in [0.15, 0.2) is 16.4 Å². The molecule has 0 aromatic heterocycles. The highest BCUT2D eigenvalue weighted by Gasteiger charge is 2.36. The number of carbonyl (C=O) groups is 2. The topological polar surface area (TPSA) is 118 Å². The van der Waals surface area contributed by atoms with Crippen molar-refractivity contribution in [3.8, 4) is 0 Å². The van der Waals surface area contributed by atoms with Gasteiger partial charge in [0, 0.05) is 18.6 Å². The van der Waals surface area contributed by atoms with E-state index in [1.807, 2.05) is 13.8 Å². The summed E-state index contributed by atoms with van der Waals surface area (Å²) in [6.45, 7) is 5.56. The van der Waals surface area contributed by atoms with Gasteiger partial charge < -0.3 is 9.64 Å². The summed E-state index contributed by atoms with van der Waals surface area (Å²) in [6, 6.07) is 4.00. The Kier molecular flexibility index (Phi) is 6.90. The van der Waals surface area contributed by atoms with Gasteiger partial charge >= 0.3 is 5.97 Å². The zero-order valence-electron chi connectivity index (χ0n) is 18.8. The maximum atomic E-state index is 12.8. The van der Waals surface area contributed by atoms with E-state index in [1.165, 1.54) is 15.3 Å².